The maximum absolute atomic E-state index is 12.7. The topological polar surface area (TPSA) is 37.8 Å². The minimum absolute atomic E-state index is 0.356. The highest BCUT2D eigenvalue weighted by molar-refractivity contribution is 7.22. The van der Waals surface area contributed by atoms with Crippen molar-refractivity contribution in [2.24, 2.45) is 0 Å². The number of alkyl halides is 3. The molecule has 0 saturated heterocycles. The van der Waals surface area contributed by atoms with Gasteiger partial charge in [0.15, 0.2) is 5.13 Å². The Morgan fingerprint density at radius 2 is 2.05 bits per heavy atom. The van der Waals surface area contributed by atoms with Gasteiger partial charge in [0, 0.05) is 5.38 Å². The molecule has 2 heterocycles. The van der Waals surface area contributed by atoms with E-state index in [0.717, 1.165) is 34.0 Å². The zero-order valence-corrected chi connectivity index (χ0v) is 13.2. The molecule has 0 bridgehead atoms. The molecule has 2 aromatic heterocycles. The molecule has 22 heavy (non-hydrogen) atoms. The summed E-state index contributed by atoms with van der Waals surface area (Å²) in [4.78, 5) is 8.64. The standard InChI is InChI=1S/C14H12F3N3S2/c1-2-12-19-9(7-21-12)6-18-13-20-10-5-8(14(15,16)17)3-4-11(10)22-13/h3-5,7H,2,6H2,1H3,(H,18,20). The van der Waals surface area contributed by atoms with Crippen molar-refractivity contribution < 1.29 is 13.2 Å². The zero-order valence-electron chi connectivity index (χ0n) is 11.6. The molecule has 0 unspecified atom stereocenters. The lowest BCUT2D eigenvalue weighted by Gasteiger charge is -2.04. The summed E-state index contributed by atoms with van der Waals surface area (Å²) in [6.07, 6.45) is -3.45. The molecule has 0 radical (unpaired) electrons. The van der Waals surface area contributed by atoms with E-state index in [1.807, 2.05) is 12.3 Å². The fourth-order valence-electron chi connectivity index (χ4n) is 1.94. The molecule has 0 fully saturated rings. The van der Waals surface area contributed by atoms with E-state index in [1.54, 1.807) is 11.3 Å². The maximum Gasteiger partial charge on any atom is 0.416 e. The van der Waals surface area contributed by atoms with E-state index >= 15 is 0 Å². The predicted molar refractivity (Wildman–Crippen MR) is 83.4 cm³/mol. The smallest absolute Gasteiger partial charge is 0.356 e. The van der Waals surface area contributed by atoms with Crippen LogP contribution in [0.25, 0.3) is 10.2 Å². The second-order valence-electron chi connectivity index (χ2n) is 4.64. The number of fused-ring (bicyclic) bond motifs is 1. The third kappa shape index (κ3) is 3.22. The van der Waals surface area contributed by atoms with Gasteiger partial charge in [-0.2, -0.15) is 13.2 Å². The number of halogens is 3. The van der Waals surface area contributed by atoms with Crippen molar-refractivity contribution in [1.29, 1.82) is 0 Å². The SMILES string of the molecule is CCc1nc(CNc2nc3cc(C(F)(F)F)ccc3s2)cs1. The van der Waals surface area contributed by atoms with Crippen molar-refractivity contribution in [2.75, 3.05) is 5.32 Å². The first-order valence-corrected chi connectivity index (χ1v) is 8.30. The Bertz CT molecular complexity index is 792. The summed E-state index contributed by atoms with van der Waals surface area (Å²) in [5, 5.41) is 6.75. The van der Waals surface area contributed by atoms with Crippen LogP contribution in [0.1, 0.15) is 23.2 Å². The van der Waals surface area contributed by atoms with Crippen LogP contribution in [0.3, 0.4) is 0 Å². The first kappa shape index (κ1) is 15.2. The van der Waals surface area contributed by atoms with E-state index in [-0.39, 0.29) is 0 Å². The predicted octanol–water partition coefficient (Wildman–Crippen LogP) is 4.95. The maximum atomic E-state index is 12.7. The molecule has 0 saturated carbocycles. The number of aromatic nitrogens is 2. The largest absolute Gasteiger partial charge is 0.416 e. The van der Waals surface area contributed by atoms with Crippen molar-refractivity contribution in [3.8, 4) is 0 Å². The lowest BCUT2D eigenvalue weighted by atomic mass is 10.2. The van der Waals surface area contributed by atoms with E-state index in [2.05, 4.69) is 15.3 Å². The number of nitrogens with zero attached hydrogens (tertiary/aromatic N) is 2. The van der Waals surface area contributed by atoms with Crippen LogP contribution in [0, 0.1) is 0 Å². The van der Waals surface area contributed by atoms with Gasteiger partial charge < -0.3 is 5.32 Å². The molecule has 0 aliphatic heterocycles. The molecule has 1 aromatic carbocycles. The quantitative estimate of drug-likeness (QED) is 0.729. The molecule has 0 aliphatic carbocycles. The molecule has 8 heteroatoms. The van der Waals surface area contributed by atoms with Crippen LogP contribution in [-0.4, -0.2) is 9.97 Å². The average molecular weight is 343 g/mol. The molecule has 0 atom stereocenters. The number of rotatable bonds is 4. The third-order valence-corrected chi connectivity index (χ3v) is 5.07. The molecule has 3 nitrogen and oxygen atoms in total. The molecule has 3 rings (SSSR count). The Morgan fingerprint density at radius 3 is 2.73 bits per heavy atom. The summed E-state index contributed by atoms with van der Waals surface area (Å²) in [7, 11) is 0. The molecule has 3 aromatic rings. The number of anilines is 1. The zero-order chi connectivity index (χ0) is 15.7. The number of benzene rings is 1. The van der Waals surface area contributed by atoms with Crippen molar-refractivity contribution in [3.63, 3.8) is 0 Å². The van der Waals surface area contributed by atoms with Crippen molar-refractivity contribution in [3.05, 3.63) is 39.8 Å². The number of thiazole rings is 2. The minimum Gasteiger partial charge on any atom is -0.356 e. The molecule has 116 valence electrons. The van der Waals surface area contributed by atoms with E-state index in [1.165, 1.54) is 17.4 Å². The van der Waals surface area contributed by atoms with Gasteiger partial charge in [0.2, 0.25) is 0 Å². The molecule has 0 spiro atoms. The van der Waals surface area contributed by atoms with Crippen LogP contribution in [0.4, 0.5) is 18.3 Å². The highest BCUT2D eigenvalue weighted by Gasteiger charge is 2.30. The summed E-state index contributed by atoms with van der Waals surface area (Å²) in [5.41, 5.74) is 0.593. The van der Waals surface area contributed by atoms with Crippen LogP contribution >= 0.6 is 22.7 Å². The van der Waals surface area contributed by atoms with Crippen molar-refractivity contribution in [2.45, 2.75) is 26.1 Å². The van der Waals surface area contributed by atoms with Crippen LogP contribution in [0.15, 0.2) is 23.6 Å². The summed E-state index contributed by atoms with van der Waals surface area (Å²) >= 11 is 2.94. The van der Waals surface area contributed by atoms with Crippen LogP contribution in [-0.2, 0) is 19.1 Å². The fraction of sp³-hybridized carbons (Fsp3) is 0.286. The van der Waals surface area contributed by atoms with Gasteiger partial charge in [0.25, 0.3) is 0 Å². The lowest BCUT2D eigenvalue weighted by molar-refractivity contribution is -0.137. The van der Waals surface area contributed by atoms with E-state index < -0.39 is 11.7 Å². The van der Waals surface area contributed by atoms with Gasteiger partial charge in [0.1, 0.15) is 0 Å². The Hall–Kier alpha value is -1.67. The molecular weight excluding hydrogens is 331 g/mol. The number of nitrogens with one attached hydrogen (secondary N) is 1. The van der Waals surface area contributed by atoms with Gasteiger partial charge in [0.05, 0.1) is 33.0 Å². The van der Waals surface area contributed by atoms with E-state index in [9.17, 15) is 13.2 Å². The van der Waals surface area contributed by atoms with Crippen molar-refractivity contribution >= 4 is 38.0 Å². The van der Waals surface area contributed by atoms with E-state index in [0.29, 0.717) is 17.2 Å². The molecule has 0 aliphatic rings. The van der Waals surface area contributed by atoms with Crippen LogP contribution in [0.2, 0.25) is 0 Å². The number of hydrogen-bond acceptors (Lipinski definition) is 5. The summed E-state index contributed by atoms with van der Waals surface area (Å²) in [6, 6.07) is 3.62. The first-order chi connectivity index (χ1) is 10.5. The van der Waals surface area contributed by atoms with Gasteiger partial charge in [-0.3, -0.25) is 0 Å². The van der Waals surface area contributed by atoms with Crippen LogP contribution in [0.5, 0.6) is 0 Å². The van der Waals surface area contributed by atoms with Crippen molar-refractivity contribution in [1.82, 2.24) is 9.97 Å². The van der Waals surface area contributed by atoms with E-state index in [4.69, 9.17) is 0 Å². The van der Waals surface area contributed by atoms with Gasteiger partial charge in [-0.05, 0) is 24.6 Å². The fourth-order valence-corrected chi connectivity index (χ4v) is 3.52. The Morgan fingerprint density at radius 1 is 1.23 bits per heavy atom. The van der Waals surface area contributed by atoms with Crippen LogP contribution < -0.4 is 5.32 Å². The Labute approximate surface area is 132 Å². The molecule has 0 amide bonds. The van der Waals surface area contributed by atoms with Gasteiger partial charge in [-0.15, -0.1) is 11.3 Å². The molecule has 1 N–H and O–H groups in total. The number of hydrogen-bond donors (Lipinski definition) is 1. The normalized spacial score (nSPS) is 12.0. The van der Waals surface area contributed by atoms with Gasteiger partial charge in [-0.1, -0.05) is 18.3 Å². The first-order valence-electron chi connectivity index (χ1n) is 6.60. The van der Waals surface area contributed by atoms with Gasteiger partial charge >= 0.3 is 6.18 Å². The summed E-state index contributed by atoms with van der Waals surface area (Å²) in [6.45, 7) is 2.56. The lowest BCUT2D eigenvalue weighted by Crippen LogP contribution is -2.04. The minimum atomic E-state index is -4.34. The molecular formula is C14H12F3N3S2. The Kier molecular flexibility index (Phi) is 4.05. The second kappa shape index (κ2) is 5.85. The summed E-state index contributed by atoms with van der Waals surface area (Å²) < 4.78 is 38.8. The average Bonchev–Trinajstić information content (AvgIpc) is 3.09. The Balaban J connectivity index is 1.77. The third-order valence-electron chi connectivity index (χ3n) is 3.04. The monoisotopic (exact) mass is 343 g/mol. The second-order valence-corrected chi connectivity index (χ2v) is 6.61. The highest BCUT2D eigenvalue weighted by atomic mass is 32.1. The highest BCUT2D eigenvalue weighted by Crippen LogP contribution is 2.34. The summed E-state index contributed by atoms with van der Waals surface area (Å²) in [5.74, 6) is 0. The van der Waals surface area contributed by atoms with Gasteiger partial charge in [-0.25, -0.2) is 9.97 Å². The number of aryl methyl sites for hydroxylation is 1.